The van der Waals surface area contributed by atoms with Crippen LogP contribution in [-0.2, 0) is 6.54 Å². The molecule has 3 rings (SSSR count). The van der Waals surface area contributed by atoms with Crippen LogP contribution in [0.5, 0.6) is 0 Å². The minimum absolute atomic E-state index is 0.722. The maximum atomic E-state index is 4.42. The molecule has 2 aromatic heterocycles. The predicted octanol–water partition coefficient (Wildman–Crippen LogP) is 2.32. The lowest BCUT2D eigenvalue weighted by atomic mass is 10.2. The van der Waals surface area contributed by atoms with Gasteiger partial charge in [0.1, 0.15) is 0 Å². The molecule has 0 amide bonds. The molecule has 1 aliphatic rings. The van der Waals surface area contributed by atoms with Gasteiger partial charge in [0, 0.05) is 36.6 Å². The van der Waals surface area contributed by atoms with E-state index in [9.17, 15) is 0 Å². The molecule has 0 spiro atoms. The number of nitrogens with one attached hydrogen (secondary N) is 1. The van der Waals surface area contributed by atoms with E-state index in [-0.39, 0.29) is 0 Å². The highest BCUT2D eigenvalue weighted by Gasteiger charge is 2.35. The Bertz CT molecular complexity index is 546. The van der Waals surface area contributed by atoms with Crippen LogP contribution in [0.4, 0.5) is 0 Å². The van der Waals surface area contributed by atoms with E-state index in [0.29, 0.717) is 0 Å². The zero-order valence-corrected chi connectivity index (χ0v) is 11.1. The fraction of sp³-hybridized carbons (Fsp3) is 0.571. The molecule has 1 aliphatic carbocycles. The van der Waals surface area contributed by atoms with Crippen LogP contribution in [-0.4, -0.2) is 20.6 Å². The van der Waals surface area contributed by atoms with E-state index in [1.54, 1.807) is 0 Å². The van der Waals surface area contributed by atoms with E-state index in [1.807, 2.05) is 23.7 Å². The smallest absolute Gasteiger partial charge is 0.155 e. The van der Waals surface area contributed by atoms with Gasteiger partial charge in [0.25, 0.3) is 0 Å². The second kappa shape index (κ2) is 4.69. The van der Waals surface area contributed by atoms with Crippen LogP contribution >= 0.6 is 0 Å². The lowest BCUT2D eigenvalue weighted by Crippen LogP contribution is -2.18. The van der Waals surface area contributed by atoms with Crippen molar-refractivity contribution >= 4 is 5.65 Å². The maximum absolute atomic E-state index is 4.42. The molecule has 2 heterocycles. The van der Waals surface area contributed by atoms with Crippen LogP contribution in [0.25, 0.3) is 5.65 Å². The molecular weight excluding hydrogens is 224 g/mol. The topological polar surface area (TPSA) is 42.2 Å². The summed E-state index contributed by atoms with van der Waals surface area (Å²) in [5.74, 6) is 0.902. The molecule has 0 saturated heterocycles. The van der Waals surface area contributed by atoms with Crippen molar-refractivity contribution in [2.24, 2.45) is 5.92 Å². The van der Waals surface area contributed by atoms with Gasteiger partial charge in [-0.2, -0.15) is 5.10 Å². The third-order valence-corrected chi connectivity index (χ3v) is 3.64. The summed E-state index contributed by atoms with van der Waals surface area (Å²) in [7, 11) is 0. The molecule has 4 heteroatoms. The summed E-state index contributed by atoms with van der Waals surface area (Å²) in [5.41, 5.74) is 3.14. The summed E-state index contributed by atoms with van der Waals surface area (Å²) >= 11 is 0. The molecule has 1 saturated carbocycles. The Balaban J connectivity index is 1.61. The first kappa shape index (κ1) is 11.7. The van der Waals surface area contributed by atoms with Gasteiger partial charge >= 0.3 is 0 Å². The summed E-state index contributed by atoms with van der Waals surface area (Å²) < 4.78 is 1.86. The maximum Gasteiger partial charge on any atom is 0.155 e. The van der Waals surface area contributed by atoms with Gasteiger partial charge in [0.2, 0.25) is 0 Å². The van der Waals surface area contributed by atoms with Crippen LogP contribution in [0.15, 0.2) is 18.5 Å². The van der Waals surface area contributed by atoms with Crippen LogP contribution in [0.1, 0.15) is 37.4 Å². The first-order valence-corrected chi connectivity index (χ1v) is 6.80. The van der Waals surface area contributed by atoms with E-state index in [0.717, 1.165) is 29.8 Å². The Morgan fingerprint density at radius 3 is 3.22 bits per heavy atom. The molecule has 96 valence electrons. The lowest BCUT2D eigenvalue weighted by Gasteiger charge is -2.04. The molecule has 2 unspecified atom stereocenters. The van der Waals surface area contributed by atoms with E-state index in [2.05, 4.69) is 28.5 Å². The molecule has 1 fully saturated rings. The first-order valence-electron chi connectivity index (χ1n) is 6.80. The Morgan fingerprint density at radius 2 is 2.39 bits per heavy atom. The van der Waals surface area contributed by atoms with E-state index in [1.165, 1.54) is 24.8 Å². The van der Waals surface area contributed by atoms with Gasteiger partial charge in [-0.15, -0.1) is 0 Å². The lowest BCUT2D eigenvalue weighted by molar-refractivity contribution is 0.597. The summed E-state index contributed by atoms with van der Waals surface area (Å²) in [6.45, 7) is 5.14. The molecule has 1 N–H and O–H groups in total. The highest BCUT2D eigenvalue weighted by molar-refractivity contribution is 5.38. The second-order valence-electron chi connectivity index (χ2n) is 5.32. The van der Waals surface area contributed by atoms with Crippen LogP contribution in [0.3, 0.4) is 0 Å². The van der Waals surface area contributed by atoms with Crippen LogP contribution < -0.4 is 5.32 Å². The van der Waals surface area contributed by atoms with Gasteiger partial charge in [-0.1, -0.05) is 13.3 Å². The number of aryl methyl sites for hydroxylation is 1. The highest BCUT2D eigenvalue weighted by atomic mass is 15.2. The van der Waals surface area contributed by atoms with Gasteiger partial charge in [-0.3, -0.25) is 0 Å². The number of hydrogen-bond acceptors (Lipinski definition) is 3. The number of aromatic nitrogens is 3. The van der Waals surface area contributed by atoms with Gasteiger partial charge in [-0.25, -0.2) is 9.50 Å². The number of rotatable bonds is 5. The van der Waals surface area contributed by atoms with Crippen molar-refractivity contribution in [2.75, 3.05) is 0 Å². The van der Waals surface area contributed by atoms with Crippen molar-refractivity contribution in [3.8, 4) is 0 Å². The highest BCUT2D eigenvalue weighted by Crippen LogP contribution is 2.34. The van der Waals surface area contributed by atoms with Crippen LogP contribution in [0, 0.1) is 12.8 Å². The van der Waals surface area contributed by atoms with Gasteiger partial charge in [0.15, 0.2) is 5.65 Å². The quantitative estimate of drug-likeness (QED) is 0.877. The summed E-state index contributed by atoms with van der Waals surface area (Å²) in [6, 6.07) is 2.72. The first-order chi connectivity index (χ1) is 8.76. The Labute approximate surface area is 107 Å². The fourth-order valence-corrected chi connectivity index (χ4v) is 2.56. The zero-order valence-electron chi connectivity index (χ0n) is 11.1. The average molecular weight is 244 g/mol. The Hall–Kier alpha value is -1.42. The summed E-state index contributed by atoms with van der Waals surface area (Å²) in [5, 5.41) is 7.99. The largest absolute Gasteiger partial charge is 0.310 e. The molecule has 0 aromatic carbocycles. The molecule has 0 radical (unpaired) electrons. The summed E-state index contributed by atoms with van der Waals surface area (Å²) in [6.07, 6.45) is 8.00. The molecular formula is C14H20N4. The van der Waals surface area contributed by atoms with E-state index >= 15 is 0 Å². The SMILES string of the molecule is CCCC1CC1NCc1cnc2cc(C)nn2c1. The van der Waals surface area contributed by atoms with Crippen molar-refractivity contribution in [3.63, 3.8) is 0 Å². The molecule has 0 aliphatic heterocycles. The molecule has 18 heavy (non-hydrogen) atoms. The predicted molar refractivity (Wildman–Crippen MR) is 71.4 cm³/mol. The number of fused-ring (bicyclic) bond motifs is 1. The molecule has 0 bridgehead atoms. The summed E-state index contributed by atoms with van der Waals surface area (Å²) in [4.78, 5) is 4.42. The third kappa shape index (κ3) is 2.38. The monoisotopic (exact) mass is 244 g/mol. The van der Waals surface area contributed by atoms with Crippen molar-refractivity contribution in [3.05, 3.63) is 29.7 Å². The third-order valence-electron chi connectivity index (χ3n) is 3.64. The minimum Gasteiger partial charge on any atom is -0.310 e. The normalized spacial score (nSPS) is 22.6. The minimum atomic E-state index is 0.722. The molecule has 2 atom stereocenters. The van der Waals surface area contributed by atoms with Crippen LogP contribution in [0.2, 0.25) is 0 Å². The van der Waals surface area contributed by atoms with Crippen molar-refractivity contribution in [1.82, 2.24) is 19.9 Å². The van der Waals surface area contributed by atoms with Crippen molar-refractivity contribution in [2.45, 2.75) is 45.7 Å². The van der Waals surface area contributed by atoms with Gasteiger partial charge < -0.3 is 5.32 Å². The Morgan fingerprint density at radius 1 is 1.50 bits per heavy atom. The number of nitrogens with zero attached hydrogens (tertiary/aromatic N) is 3. The van der Waals surface area contributed by atoms with Crippen molar-refractivity contribution in [1.29, 1.82) is 0 Å². The van der Waals surface area contributed by atoms with E-state index in [4.69, 9.17) is 0 Å². The number of hydrogen-bond donors (Lipinski definition) is 1. The van der Waals surface area contributed by atoms with Crippen molar-refractivity contribution < 1.29 is 0 Å². The molecule has 4 nitrogen and oxygen atoms in total. The van der Waals surface area contributed by atoms with Gasteiger partial charge in [0.05, 0.1) is 5.69 Å². The Kier molecular flexibility index (Phi) is 3.04. The second-order valence-corrected chi connectivity index (χ2v) is 5.32. The fourth-order valence-electron chi connectivity index (χ4n) is 2.56. The molecule has 2 aromatic rings. The van der Waals surface area contributed by atoms with Gasteiger partial charge in [-0.05, 0) is 25.7 Å². The standard InChI is InChI=1S/C14H20N4/c1-3-4-12-6-13(12)15-7-11-8-16-14-5-10(2)17-18(14)9-11/h5,8-9,12-13,15H,3-4,6-7H2,1-2H3. The van der Waals surface area contributed by atoms with E-state index < -0.39 is 0 Å². The zero-order chi connectivity index (χ0) is 12.5. The average Bonchev–Trinajstić information content (AvgIpc) is 2.97.